The number of amides is 2. The van der Waals surface area contributed by atoms with E-state index in [2.05, 4.69) is 0 Å². The van der Waals surface area contributed by atoms with Crippen LogP contribution in [-0.4, -0.2) is 35.8 Å². The van der Waals surface area contributed by atoms with Gasteiger partial charge in [0.2, 0.25) is 11.8 Å². The Morgan fingerprint density at radius 1 is 0.727 bits per heavy atom. The molecule has 0 bridgehead atoms. The predicted octanol–water partition coefficient (Wildman–Crippen LogP) is 5.33. The van der Waals surface area contributed by atoms with Gasteiger partial charge in [0.15, 0.2) is 6.10 Å². The van der Waals surface area contributed by atoms with Gasteiger partial charge < -0.3 is 14.4 Å². The molecule has 218 valence electrons. The first-order chi connectivity index (χ1) is 21.4. The van der Waals surface area contributed by atoms with E-state index in [-0.39, 0.29) is 0 Å². The Balaban J connectivity index is 1.28. The third kappa shape index (κ3) is 4.55. The number of fused-ring (bicyclic) bond motifs is 5. The standard InChI is InChI=1S/C36H28N2O6/c1-22(39)43-27-19-17-26(18-20-27)37-34(40)30-29-21-16-23-10-8-9-15-28(23)38(29)32(31(30)35(37)41)36(42)44-33(24-11-4-2-5-12-24)25-13-6-3-7-14-25/h2-21,29-33H,1H3/t29-,30-,31+,32-/m0/s1. The molecule has 7 rings (SSSR count). The van der Waals surface area contributed by atoms with E-state index in [1.807, 2.05) is 102 Å². The number of para-hydroxylation sites is 1. The fourth-order valence-electron chi connectivity index (χ4n) is 6.64. The molecule has 3 heterocycles. The Morgan fingerprint density at radius 3 is 1.95 bits per heavy atom. The number of hydrogen-bond donors (Lipinski definition) is 0. The molecule has 2 amide bonds. The van der Waals surface area contributed by atoms with Crippen molar-refractivity contribution in [2.45, 2.75) is 25.1 Å². The van der Waals surface area contributed by atoms with Crippen molar-refractivity contribution in [3.8, 4) is 5.75 Å². The molecule has 0 saturated carbocycles. The van der Waals surface area contributed by atoms with E-state index in [9.17, 15) is 19.2 Å². The number of esters is 2. The first kappa shape index (κ1) is 27.3. The van der Waals surface area contributed by atoms with Gasteiger partial charge in [-0.25, -0.2) is 9.69 Å². The van der Waals surface area contributed by atoms with Gasteiger partial charge in [0.1, 0.15) is 11.8 Å². The number of ether oxygens (including phenoxy) is 2. The second kappa shape index (κ2) is 11.0. The van der Waals surface area contributed by atoms with Gasteiger partial charge in [-0.1, -0.05) is 91.0 Å². The van der Waals surface area contributed by atoms with E-state index in [4.69, 9.17) is 9.47 Å². The van der Waals surface area contributed by atoms with Crippen LogP contribution < -0.4 is 14.5 Å². The third-order valence-electron chi connectivity index (χ3n) is 8.45. The van der Waals surface area contributed by atoms with E-state index in [1.165, 1.54) is 19.1 Å². The molecule has 0 aliphatic carbocycles. The SMILES string of the molecule is CC(=O)Oc1ccc(N2C(=O)[C@@H]3[C@@H](C2=O)[C@@H]2C=Cc4ccccc4N2[C@@H]3C(=O)OC(c2ccccc2)c2ccccc2)cc1. The minimum absolute atomic E-state index is 0.299. The number of nitrogens with zero attached hydrogens (tertiary/aromatic N) is 2. The summed E-state index contributed by atoms with van der Waals surface area (Å²) in [5, 5.41) is 0. The maximum Gasteiger partial charge on any atom is 0.330 e. The van der Waals surface area contributed by atoms with Crippen molar-refractivity contribution in [3.05, 3.63) is 132 Å². The van der Waals surface area contributed by atoms with Crippen LogP contribution in [0, 0.1) is 11.8 Å². The van der Waals surface area contributed by atoms with Gasteiger partial charge in [0, 0.05) is 12.6 Å². The number of rotatable bonds is 6. The monoisotopic (exact) mass is 584 g/mol. The van der Waals surface area contributed by atoms with Crippen LogP contribution in [0.2, 0.25) is 0 Å². The van der Waals surface area contributed by atoms with E-state index >= 15 is 0 Å². The van der Waals surface area contributed by atoms with Gasteiger partial charge in [-0.3, -0.25) is 14.4 Å². The average molecular weight is 585 g/mol. The Labute approximate surface area is 254 Å². The Kier molecular flexibility index (Phi) is 6.81. The van der Waals surface area contributed by atoms with Crippen LogP contribution in [0.5, 0.6) is 5.75 Å². The van der Waals surface area contributed by atoms with Crippen LogP contribution in [0.1, 0.15) is 29.7 Å². The van der Waals surface area contributed by atoms with Gasteiger partial charge in [0.05, 0.1) is 23.6 Å². The van der Waals surface area contributed by atoms with Gasteiger partial charge in [0.25, 0.3) is 0 Å². The second-order valence-corrected chi connectivity index (χ2v) is 11.0. The van der Waals surface area contributed by atoms with Crippen LogP contribution in [0.4, 0.5) is 11.4 Å². The van der Waals surface area contributed by atoms with E-state index in [1.54, 1.807) is 12.1 Å². The number of hydrogen-bond acceptors (Lipinski definition) is 7. The molecule has 0 spiro atoms. The number of anilines is 2. The lowest BCUT2D eigenvalue weighted by molar-refractivity contribution is -0.151. The van der Waals surface area contributed by atoms with E-state index in [0.29, 0.717) is 11.4 Å². The summed E-state index contributed by atoms with van der Waals surface area (Å²) in [5.74, 6) is -3.40. The molecule has 3 aliphatic heterocycles. The van der Waals surface area contributed by atoms with Crippen LogP contribution >= 0.6 is 0 Å². The molecular weight excluding hydrogens is 556 g/mol. The summed E-state index contributed by atoms with van der Waals surface area (Å²) in [5.41, 5.74) is 3.59. The fraction of sp³-hybridized carbons (Fsp3) is 0.167. The van der Waals surface area contributed by atoms with Crippen LogP contribution in [0.25, 0.3) is 6.08 Å². The number of carbonyl (C=O) groups excluding carboxylic acids is 4. The molecule has 4 aromatic rings. The molecule has 0 aromatic heterocycles. The quantitative estimate of drug-likeness (QED) is 0.172. The lowest BCUT2D eigenvalue weighted by Gasteiger charge is -2.36. The largest absolute Gasteiger partial charge is 0.451 e. The molecule has 8 nitrogen and oxygen atoms in total. The predicted molar refractivity (Wildman–Crippen MR) is 164 cm³/mol. The minimum atomic E-state index is -1.05. The molecule has 0 N–H and O–H groups in total. The van der Waals surface area contributed by atoms with Crippen LogP contribution in [0.15, 0.2) is 115 Å². The normalized spacial score (nSPS) is 21.6. The second-order valence-electron chi connectivity index (χ2n) is 11.0. The Hall–Kier alpha value is -5.50. The number of benzene rings is 4. The van der Waals surface area contributed by atoms with Gasteiger partial charge in [-0.15, -0.1) is 0 Å². The highest BCUT2D eigenvalue weighted by Gasteiger charge is 2.65. The Morgan fingerprint density at radius 2 is 1.32 bits per heavy atom. The van der Waals surface area contributed by atoms with Crippen LogP contribution in [-0.2, 0) is 23.9 Å². The molecule has 0 radical (unpaired) electrons. The van der Waals surface area contributed by atoms with Gasteiger partial charge in [-0.05, 0) is 47.0 Å². The summed E-state index contributed by atoms with van der Waals surface area (Å²) in [6.45, 7) is 1.30. The summed E-state index contributed by atoms with van der Waals surface area (Å²) < 4.78 is 11.4. The average Bonchev–Trinajstić information content (AvgIpc) is 3.53. The zero-order valence-electron chi connectivity index (χ0n) is 23.8. The summed E-state index contributed by atoms with van der Waals surface area (Å²) in [6.07, 6.45) is 3.12. The molecule has 0 unspecified atom stereocenters. The third-order valence-corrected chi connectivity index (χ3v) is 8.45. The Bertz CT molecular complexity index is 1750. The first-order valence-corrected chi connectivity index (χ1v) is 14.4. The molecule has 2 fully saturated rings. The lowest BCUT2D eigenvalue weighted by Crippen LogP contribution is -2.49. The lowest BCUT2D eigenvalue weighted by atomic mass is 9.88. The summed E-state index contributed by atoms with van der Waals surface area (Å²) >= 11 is 0. The van der Waals surface area contributed by atoms with Crippen LogP contribution in [0.3, 0.4) is 0 Å². The van der Waals surface area contributed by atoms with Crippen molar-refractivity contribution in [2.24, 2.45) is 11.8 Å². The van der Waals surface area contributed by atoms with Crippen molar-refractivity contribution in [1.82, 2.24) is 0 Å². The summed E-state index contributed by atoms with van der Waals surface area (Å²) in [6, 6.07) is 31.2. The fourth-order valence-corrected chi connectivity index (χ4v) is 6.64. The summed E-state index contributed by atoms with van der Waals surface area (Å²) in [4.78, 5) is 57.1. The highest BCUT2D eigenvalue weighted by atomic mass is 16.5. The molecule has 2 saturated heterocycles. The molecular formula is C36H28N2O6. The van der Waals surface area contributed by atoms with Crippen molar-refractivity contribution in [2.75, 3.05) is 9.80 Å². The molecule has 44 heavy (non-hydrogen) atoms. The van der Waals surface area contributed by atoms with E-state index < -0.39 is 53.8 Å². The zero-order chi connectivity index (χ0) is 30.4. The topological polar surface area (TPSA) is 93.2 Å². The summed E-state index contributed by atoms with van der Waals surface area (Å²) in [7, 11) is 0. The first-order valence-electron chi connectivity index (χ1n) is 14.4. The van der Waals surface area contributed by atoms with Crippen molar-refractivity contribution in [3.63, 3.8) is 0 Å². The minimum Gasteiger partial charge on any atom is -0.451 e. The van der Waals surface area contributed by atoms with E-state index in [0.717, 1.165) is 27.3 Å². The maximum absolute atomic E-state index is 14.4. The van der Waals surface area contributed by atoms with Crippen molar-refractivity contribution < 1.29 is 28.7 Å². The maximum atomic E-state index is 14.4. The highest BCUT2D eigenvalue weighted by molar-refractivity contribution is 6.24. The van der Waals surface area contributed by atoms with Gasteiger partial charge >= 0.3 is 11.9 Å². The molecule has 3 aliphatic rings. The number of carbonyl (C=O) groups is 4. The van der Waals surface area contributed by atoms with Gasteiger partial charge in [-0.2, -0.15) is 0 Å². The van der Waals surface area contributed by atoms with Crippen molar-refractivity contribution in [1.29, 1.82) is 0 Å². The molecule has 4 aromatic carbocycles. The zero-order valence-corrected chi connectivity index (χ0v) is 23.8. The molecule has 4 atom stereocenters. The van der Waals surface area contributed by atoms with Crippen molar-refractivity contribution >= 4 is 41.2 Å². The smallest absolute Gasteiger partial charge is 0.330 e. The molecule has 8 heteroatoms. The number of imide groups is 1. The highest BCUT2D eigenvalue weighted by Crippen LogP contribution is 2.50.